The topological polar surface area (TPSA) is 9.23 Å². The van der Waals surface area contributed by atoms with Crippen LogP contribution in [-0.2, 0) is 0 Å². The molecule has 0 aromatic heterocycles. The van der Waals surface area contributed by atoms with Crippen molar-refractivity contribution in [2.45, 2.75) is 12.8 Å². The normalized spacial score (nSPS) is 10.0. The minimum atomic E-state index is 0.682. The molecule has 0 N–H and O–H groups in total. The summed E-state index contributed by atoms with van der Waals surface area (Å²) in [5.41, 5.74) is 0. The summed E-state index contributed by atoms with van der Waals surface area (Å²) in [6.07, 6.45) is 2.18. The predicted octanol–water partition coefficient (Wildman–Crippen LogP) is 3.89. The number of ether oxygens (including phenoxy) is 1. The maximum absolute atomic E-state index is 5.90. The van der Waals surface area contributed by atoms with E-state index in [9.17, 15) is 0 Å². The molecule has 0 aliphatic carbocycles. The van der Waals surface area contributed by atoms with Crippen molar-refractivity contribution in [2.24, 2.45) is 0 Å². The van der Waals surface area contributed by atoms with Crippen LogP contribution in [0.5, 0.6) is 5.75 Å². The molecule has 0 bridgehead atoms. The van der Waals surface area contributed by atoms with Crippen molar-refractivity contribution in [2.75, 3.05) is 11.9 Å². The highest BCUT2D eigenvalue weighted by atomic mass is 79.9. The SMILES string of the molecule is Clc1ccccc1OCCCCBr. The van der Waals surface area contributed by atoms with E-state index in [1.165, 1.54) is 0 Å². The van der Waals surface area contributed by atoms with Gasteiger partial charge in [0.05, 0.1) is 11.6 Å². The summed E-state index contributed by atoms with van der Waals surface area (Å²) in [6.45, 7) is 0.731. The highest BCUT2D eigenvalue weighted by molar-refractivity contribution is 9.09. The second-order valence-corrected chi connectivity index (χ2v) is 3.88. The van der Waals surface area contributed by atoms with E-state index < -0.39 is 0 Å². The van der Waals surface area contributed by atoms with E-state index in [1.54, 1.807) is 0 Å². The van der Waals surface area contributed by atoms with Crippen molar-refractivity contribution in [3.8, 4) is 5.75 Å². The van der Waals surface area contributed by atoms with Crippen molar-refractivity contribution >= 4 is 27.5 Å². The van der Waals surface area contributed by atoms with Crippen molar-refractivity contribution < 1.29 is 4.74 Å². The molecule has 1 rings (SSSR count). The van der Waals surface area contributed by atoms with Crippen LogP contribution >= 0.6 is 27.5 Å². The number of alkyl halides is 1. The highest BCUT2D eigenvalue weighted by Crippen LogP contribution is 2.23. The monoisotopic (exact) mass is 262 g/mol. The van der Waals surface area contributed by atoms with E-state index in [0.29, 0.717) is 5.02 Å². The molecule has 0 unspecified atom stereocenters. The first-order valence-electron chi connectivity index (χ1n) is 4.28. The second kappa shape index (κ2) is 6.28. The minimum absolute atomic E-state index is 0.682. The molecule has 1 aromatic carbocycles. The van der Waals surface area contributed by atoms with Crippen LogP contribution in [0.4, 0.5) is 0 Å². The molecule has 0 heterocycles. The molecule has 72 valence electrons. The van der Waals surface area contributed by atoms with Gasteiger partial charge < -0.3 is 4.74 Å². The molecule has 0 amide bonds. The van der Waals surface area contributed by atoms with Gasteiger partial charge in [-0.1, -0.05) is 39.7 Å². The maximum Gasteiger partial charge on any atom is 0.137 e. The summed E-state index contributed by atoms with van der Waals surface area (Å²) in [7, 11) is 0. The number of hydrogen-bond donors (Lipinski definition) is 0. The summed E-state index contributed by atoms with van der Waals surface area (Å²) < 4.78 is 5.49. The lowest BCUT2D eigenvalue weighted by Crippen LogP contribution is -1.97. The Kier molecular flexibility index (Phi) is 5.25. The molecule has 0 aliphatic rings. The number of hydrogen-bond acceptors (Lipinski definition) is 1. The first-order valence-corrected chi connectivity index (χ1v) is 5.78. The maximum atomic E-state index is 5.90. The van der Waals surface area contributed by atoms with Gasteiger partial charge in [-0.25, -0.2) is 0 Å². The third-order valence-corrected chi connectivity index (χ3v) is 2.50. The van der Waals surface area contributed by atoms with Gasteiger partial charge in [0.1, 0.15) is 5.75 Å². The Morgan fingerprint density at radius 1 is 1.23 bits per heavy atom. The van der Waals surface area contributed by atoms with Gasteiger partial charge in [-0.15, -0.1) is 0 Å². The molecule has 0 saturated carbocycles. The zero-order chi connectivity index (χ0) is 9.52. The molecule has 0 atom stereocenters. The third kappa shape index (κ3) is 4.01. The van der Waals surface area contributed by atoms with Gasteiger partial charge in [0.2, 0.25) is 0 Å². The Hall–Kier alpha value is -0.210. The smallest absolute Gasteiger partial charge is 0.137 e. The predicted molar refractivity (Wildman–Crippen MR) is 60.0 cm³/mol. The Labute approximate surface area is 92.2 Å². The van der Waals surface area contributed by atoms with Crippen LogP contribution in [0.3, 0.4) is 0 Å². The number of benzene rings is 1. The fourth-order valence-corrected chi connectivity index (χ4v) is 1.53. The second-order valence-electron chi connectivity index (χ2n) is 2.67. The van der Waals surface area contributed by atoms with E-state index in [0.717, 1.165) is 30.5 Å². The quantitative estimate of drug-likeness (QED) is 0.578. The van der Waals surface area contributed by atoms with E-state index in [4.69, 9.17) is 16.3 Å². The van der Waals surface area contributed by atoms with Gasteiger partial charge >= 0.3 is 0 Å². The van der Waals surface area contributed by atoms with E-state index in [1.807, 2.05) is 24.3 Å². The molecular weight excluding hydrogens is 251 g/mol. The first kappa shape index (κ1) is 10.9. The van der Waals surface area contributed by atoms with Crippen LogP contribution in [0.1, 0.15) is 12.8 Å². The van der Waals surface area contributed by atoms with E-state index in [2.05, 4.69) is 15.9 Å². The number of halogens is 2. The van der Waals surface area contributed by atoms with Crippen molar-refractivity contribution in [1.82, 2.24) is 0 Å². The van der Waals surface area contributed by atoms with Crippen molar-refractivity contribution in [3.05, 3.63) is 29.3 Å². The summed E-state index contributed by atoms with van der Waals surface area (Å²) >= 11 is 9.27. The third-order valence-electron chi connectivity index (χ3n) is 1.62. The molecule has 3 heteroatoms. The average molecular weight is 264 g/mol. The molecule has 0 spiro atoms. The van der Waals surface area contributed by atoms with E-state index >= 15 is 0 Å². The molecule has 0 saturated heterocycles. The Bertz CT molecular complexity index is 252. The fourth-order valence-electron chi connectivity index (χ4n) is 0.940. The largest absolute Gasteiger partial charge is 0.492 e. The van der Waals surface area contributed by atoms with Gasteiger partial charge in [-0.05, 0) is 25.0 Å². The average Bonchev–Trinajstić information content (AvgIpc) is 2.15. The highest BCUT2D eigenvalue weighted by Gasteiger charge is 1.98. The van der Waals surface area contributed by atoms with Crippen LogP contribution in [0, 0.1) is 0 Å². The molecule has 1 nitrogen and oxygen atoms in total. The van der Waals surface area contributed by atoms with Crippen LogP contribution in [0.25, 0.3) is 0 Å². The first-order chi connectivity index (χ1) is 6.34. The molecular formula is C10H12BrClO. The number of unbranched alkanes of at least 4 members (excludes halogenated alkanes) is 1. The van der Waals surface area contributed by atoms with Crippen LogP contribution in [-0.4, -0.2) is 11.9 Å². The summed E-state index contributed by atoms with van der Waals surface area (Å²) in [6, 6.07) is 7.54. The van der Waals surface area contributed by atoms with Gasteiger partial charge in [0, 0.05) is 5.33 Å². The van der Waals surface area contributed by atoms with Crippen molar-refractivity contribution in [3.63, 3.8) is 0 Å². The van der Waals surface area contributed by atoms with Gasteiger partial charge in [-0.3, -0.25) is 0 Å². The van der Waals surface area contributed by atoms with Crippen molar-refractivity contribution in [1.29, 1.82) is 0 Å². The molecule has 0 fully saturated rings. The number of para-hydroxylation sites is 1. The lowest BCUT2D eigenvalue weighted by atomic mass is 10.3. The standard InChI is InChI=1S/C10H12BrClO/c11-7-3-4-8-13-10-6-2-1-5-9(10)12/h1-2,5-6H,3-4,7-8H2. The van der Waals surface area contributed by atoms with Crippen LogP contribution < -0.4 is 4.74 Å². The summed E-state index contributed by atoms with van der Waals surface area (Å²) in [4.78, 5) is 0. The number of rotatable bonds is 5. The lowest BCUT2D eigenvalue weighted by Gasteiger charge is -2.06. The Morgan fingerprint density at radius 3 is 2.69 bits per heavy atom. The molecule has 13 heavy (non-hydrogen) atoms. The van der Waals surface area contributed by atoms with Gasteiger partial charge in [-0.2, -0.15) is 0 Å². The minimum Gasteiger partial charge on any atom is -0.492 e. The fraction of sp³-hybridized carbons (Fsp3) is 0.400. The zero-order valence-electron chi connectivity index (χ0n) is 7.30. The van der Waals surface area contributed by atoms with Gasteiger partial charge in [0.25, 0.3) is 0 Å². The van der Waals surface area contributed by atoms with Gasteiger partial charge in [0.15, 0.2) is 0 Å². The molecule has 0 aliphatic heterocycles. The molecule has 1 aromatic rings. The Morgan fingerprint density at radius 2 is 2.00 bits per heavy atom. The zero-order valence-corrected chi connectivity index (χ0v) is 9.64. The molecule has 0 radical (unpaired) electrons. The summed E-state index contributed by atoms with van der Waals surface area (Å²) in [5.74, 6) is 0.777. The lowest BCUT2D eigenvalue weighted by molar-refractivity contribution is 0.310. The van der Waals surface area contributed by atoms with E-state index in [-0.39, 0.29) is 0 Å². The van der Waals surface area contributed by atoms with Crippen LogP contribution in [0.2, 0.25) is 5.02 Å². The van der Waals surface area contributed by atoms with Crippen LogP contribution in [0.15, 0.2) is 24.3 Å². The Balaban J connectivity index is 2.32. The summed E-state index contributed by atoms with van der Waals surface area (Å²) in [5, 5.41) is 1.71.